The maximum atomic E-state index is 14.2. The van der Waals surface area contributed by atoms with Gasteiger partial charge < -0.3 is 24.4 Å². The smallest absolute Gasteiger partial charge is 0.311 e. The van der Waals surface area contributed by atoms with Crippen LogP contribution in [-0.4, -0.2) is 119 Å². The number of carbonyl (C=O) groups excluding carboxylic acids is 3. The SMILES string of the molecule is C=CCOC(=O)[C@@H]1[C@H]2C(=O)N(CCCO)C(C(=O)N(CC=C)CCN3CCOCC3)C23CC[C@@]1(C)S3. The van der Waals surface area contributed by atoms with Gasteiger partial charge in [0.25, 0.3) is 0 Å². The molecule has 2 amide bonds. The highest BCUT2D eigenvalue weighted by Gasteiger charge is 2.77. The second kappa shape index (κ2) is 11.2. The molecule has 0 aliphatic carbocycles. The minimum absolute atomic E-state index is 0.0780. The number of aliphatic hydroxyl groups is 1. The monoisotopic (exact) mass is 521 g/mol. The van der Waals surface area contributed by atoms with Gasteiger partial charge in [0.1, 0.15) is 12.6 Å². The third-order valence-electron chi connectivity index (χ3n) is 8.12. The van der Waals surface area contributed by atoms with E-state index in [9.17, 15) is 19.5 Å². The van der Waals surface area contributed by atoms with Crippen LogP contribution in [0, 0.1) is 11.8 Å². The number of thioether (sulfide) groups is 1. The number of aliphatic hydroxyl groups excluding tert-OH is 1. The molecule has 0 aromatic rings. The van der Waals surface area contributed by atoms with Gasteiger partial charge in [-0.15, -0.1) is 18.3 Å². The molecule has 2 unspecified atom stereocenters. The van der Waals surface area contributed by atoms with Crippen molar-refractivity contribution in [3.8, 4) is 0 Å². The van der Waals surface area contributed by atoms with Crippen LogP contribution in [0.5, 0.6) is 0 Å². The second-order valence-corrected chi connectivity index (χ2v) is 12.2. The van der Waals surface area contributed by atoms with Crippen molar-refractivity contribution < 1.29 is 29.0 Å². The zero-order valence-electron chi connectivity index (χ0n) is 21.2. The lowest BCUT2D eigenvalue weighted by atomic mass is 9.66. The van der Waals surface area contributed by atoms with Crippen LogP contribution >= 0.6 is 11.8 Å². The molecule has 0 aromatic heterocycles. The molecule has 4 saturated heterocycles. The van der Waals surface area contributed by atoms with E-state index in [2.05, 4.69) is 18.1 Å². The first-order valence-corrected chi connectivity index (χ1v) is 13.7. The van der Waals surface area contributed by atoms with Crippen LogP contribution in [-0.2, 0) is 23.9 Å². The van der Waals surface area contributed by atoms with Crippen molar-refractivity contribution in [2.24, 2.45) is 11.8 Å². The van der Waals surface area contributed by atoms with Crippen molar-refractivity contribution in [2.45, 2.75) is 41.7 Å². The number of esters is 1. The molecular formula is C26H39N3O6S. The fourth-order valence-corrected chi connectivity index (χ4v) is 8.82. The molecule has 0 saturated carbocycles. The molecule has 10 heteroatoms. The number of ether oxygens (including phenoxy) is 2. The van der Waals surface area contributed by atoms with E-state index in [1.807, 2.05) is 6.92 Å². The van der Waals surface area contributed by atoms with Gasteiger partial charge in [0.2, 0.25) is 11.8 Å². The molecule has 9 nitrogen and oxygen atoms in total. The summed E-state index contributed by atoms with van der Waals surface area (Å²) >= 11 is 1.63. The number of morpholine rings is 1. The third-order valence-corrected chi connectivity index (χ3v) is 10.1. The van der Waals surface area contributed by atoms with Crippen LogP contribution in [0.25, 0.3) is 0 Å². The molecule has 4 rings (SSSR count). The van der Waals surface area contributed by atoms with Crippen molar-refractivity contribution >= 4 is 29.5 Å². The van der Waals surface area contributed by atoms with Gasteiger partial charge in [0, 0.05) is 50.6 Å². The molecule has 4 fully saturated rings. The normalized spacial score (nSPS) is 33.4. The molecule has 4 heterocycles. The largest absolute Gasteiger partial charge is 0.461 e. The molecule has 0 radical (unpaired) electrons. The van der Waals surface area contributed by atoms with Gasteiger partial charge >= 0.3 is 5.97 Å². The van der Waals surface area contributed by atoms with Crippen molar-refractivity contribution in [1.29, 1.82) is 0 Å². The first-order valence-electron chi connectivity index (χ1n) is 12.9. The lowest BCUT2D eigenvalue weighted by Crippen LogP contribution is -2.56. The van der Waals surface area contributed by atoms with E-state index in [1.54, 1.807) is 27.6 Å². The summed E-state index contributed by atoms with van der Waals surface area (Å²) in [4.78, 5) is 47.0. The fourth-order valence-electron chi connectivity index (χ4n) is 6.48. The third kappa shape index (κ3) is 4.73. The van der Waals surface area contributed by atoms with Crippen molar-refractivity contribution in [3.63, 3.8) is 0 Å². The zero-order chi connectivity index (χ0) is 25.9. The van der Waals surface area contributed by atoms with E-state index in [0.717, 1.165) is 26.1 Å². The standard InChI is InChI=1S/C26H39N3O6S/c1-4-9-28(12-11-27-13-17-34-18-14-27)23(32)21-26-8-7-25(3,36-26)20(24(33)35-16-5-2)19(26)22(31)29(21)10-6-15-30/h4-5,19-21,30H,1-2,6-18H2,3H3/t19-,20-,21?,25+,26?/m0/s1. The Labute approximate surface area is 217 Å². The Hall–Kier alpha value is -1.88. The van der Waals surface area contributed by atoms with Crippen molar-refractivity contribution in [1.82, 2.24) is 14.7 Å². The number of fused-ring (bicyclic) bond motifs is 1. The number of nitrogens with zero attached hydrogens (tertiary/aromatic N) is 3. The van der Waals surface area contributed by atoms with Crippen LogP contribution < -0.4 is 0 Å². The highest BCUT2D eigenvalue weighted by atomic mass is 32.2. The van der Waals surface area contributed by atoms with Crippen LogP contribution in [0.1, 0.15) is 26.2 Å². The average molecular weight is 522 g/mol. The molecule has 1 spiro atoms. The number of carbonyl (C=O) groups is 3. The summed E-state index contributed by atoms with van der Waals surface area (Å²) < 4.78 is 9.74. The first-order chi connectivity index (χ1) is 17.3. The quantitative estimate of drug-likeness (QED) is 0.299. The minimum atomic E-state index is -0.686. The Bertz CT molecular complexity index is 880. The molecule has 36 heavy (non-hydrogen) atoms. The first kappa shape index (κ1) is 27.2. The van der Waals surface area contributed by atoms with Gasteiger partial charge in [-0.3, -0.25) is 19.3 Å². The molecule has 200 valence electrons. The molecule has 4 aliphatic heterocycles. The zero-order valence-corrected chi connectivity index (χ0v) is 22.0. The molecule has 2 bridgehead atoms. The van der Waals surface area contributed by atoms with Crippen molar-refractivity contribution in [2.75, 3.05) is 65.7 Å². The Balaban J connectivity index is 1.63. The van der Waals surface area contributed by atoms with Gasteiger partial charge in [-0.05, 0) is 26.2 Å². The van der Waals surface area contributed by atoms with Crippen LogP contribution in [0.4, 0.5) is 0 Å². The summed E-state index contributed by atoms with van der Waals surface area (Å²) in [6.45, 7) is 14.5. The summed E-state index contributed by atoms with van der Waals surface area (Å²) in [7, 11) is 0. The second-order valence-electron chi connectivity index (χ2n) is 10.3. The van der Waals surface area contributed by atoms with E-state index in [4.69, 9.17) is 9.47 Å². The Morgan fingerprint density at radius 2 is 2.00 bits per heavy atom. The number of hydrogen-bond donors (Lipinski definition) is 1. The Morgan fingerprint density at radius 3 is 2.67 bits per heavy atom. The van der Waals surface area contributed by atoms with Crippen LogP contribution in [0.3, 0.4) is 0 Å². The maximum Gasteiger partial charge on any atom is 0.311 e. The van der Waals surface area contributed by atoms with Crippen LogP contribution in [0.15, 0.2) is 25.3 Å². The van der Waals surface area contributed by atoms with E-state index < -0.39 is 33.3 Å². The summed E-state index contributed by atoms with van der Waals surface area (Å²) in [5, 5.41) is 9.52. The lowest BCUT2D eigenvalue weighted by molar-refractivity contribution is -0.154. The van der Waals surface area contributed by atoms with Crippen molar-refractivity contribution in [3.05, 3.63) is 25.3 Å². The molecule has 1 N–H and O–H groups in total. The Morgan fingerprint density at radius 1 is 1.25 bits per heavy atom. The van der Waals surface area contributed by atoms with Gasteiger partial charge in [-0.1, -0.05) is 18.7 Å². The average Bonchev–Trinajstić information content (AvgIpc) is 3.44. The molecule has 5 atom stereocenters. The van der Waals surface area contributed by atoms with Crippen LogP contribution in [0.2, 0.25) is 0 Å². The maximum absolute atomic E-state index is 14.2. The van der Waals surface area contributed by atoms with E-state index >= 15 is 0 Å². The topological polar surface area (TPSA) is 99.6 Å². The molecule has 0 aromatic carbocycles. The predicted molar refractivity (Wildman–Crippen MR) is 137 cm³/mol. The highest BCUT2D eigenvalue weighted by Crippen LogP contribution is 2.71. The van der Waals surface area contributed by atoms with Gasteiger partial charge in [0.05, 0.1) is 29.8 Å². The van der Waals surface area contributed by atoms with E-state index in [-0.39, 0.29) is 31.6 Å². The van der Waals surface area contributed by atoms with E-state index in [1.165, 1.54) is 6.08 Å². The summed E-state index contributed by atoms with van der Waals surface area (Å²) in [6.07, 6.45) is 5.04. The fraction of sp³-hybridized carbons (Fsp3) is 0.731. The number of amides is 2. The van der Waals surface area contributed by atoms with Gasteiger partial charge in [-0.25, -0.2) is 0 Å². The minimum Gasteiger partial charge on any atom is -0.461 e. The van der Waals surface area contributed by atoms with Gasteiger partial charge in [-0.2, -0.15) is 0 Å². The summed E-state index contributed by atoms with van der Waals surface area (Å²) in [5.74, 6) is -1.90. The lowest BCUT2D eigenvalue weighted by Gasteiger charge is -2.38. The summed E-state index contributed by atoms with van der Waals surface area (Å²) in [6, 6.07) is -0.685. The summed E-state index contributed by atoms with van der Waals surface area (Å²) in [5.41, 5.74) is 0. The number of hydrogen-bond acceptors (Lipinski definition) is 8. The number of rotatable bonds is 12. The predicted octanol–water partition coefficient (Wildman–Crippen LogP) is 0.926. The molecular weight excluding hydrogens is 482 g/mol. The number of likely N-dealkylation sites (tertiary alicyclic amines) is 1. The van der Waals surface area contributed by atoms with Gasteiger partial charge in [0.15, 0.2) is 0 Å². The highest BCUT2D eigenvalue weighted by molar-refractivity contribution is 8.02. The van der Waals surface area contributed by atoms with E-state index in [0.29, 0.717) is 39.1 Å². The Kier molecular flexibility index (Phi) is 8.49. The molecule has 4 aliphatic rings.